The Labute approximate surface area is 115 Å². The second kappa shape index (κ2) is 6.33. The van der Waals surface area contributed by atoms with Crippen molar-refractivity contribution >= 4 is 12.0 Å². The molecule has 2 amide bonds. The van der Waals surface area contributed by atoms with Crippen LogP contribution in [0.3, 0.4) is 0 Å². The fraction of sp³-hybridized carbons (Fsp3) is 0.385. The molecule has 1 saturated heterocycles. The zero-order chi connectivity index (χ0) is 14.5. The van der Waals surface area contributed by atoms with E-state index in [-0.39, 0.29) is 38.0 Å². The Hall–Kier alpha value is -2.15. The van der Waals surface area contributed by atoms with E-state index in [0.29, 0.717) is 5.56 Å². The number of halogens is 1. The molecule has 0 radical (unpaired) electrons. The number of hydrogen-bond acceptors (Lipinski definition) is 3. The van der Waals surface area contributed by atoms with Gasteiger partial charge in [-0.1, -0.05) is 12.1 Å². The number of carboxylic acid groups (broad SMARTS) is 1. The molecular weight excluding hydrogens is 267 g/mol. The van der Waals surface area contributed by atoms with Crippen LogP contribution in [0.5, 0.6) is 0 Å². The molecule has 0 bridgehead atoms. The van der Waals surface area contributed by atoms with E-state index in [4.69, 9.17) is 9.84 Å². The number of benzene rings is 1. The molecule has 0 saturated carbocycles. The van der Waals surface area contributed by atoms with Crippen molar-refractivity contribution in [3.8, 4) is 0 Å². The molecule has 1 heterocycles. The second-order valence-corrected chi connectivity index (χ2v) is 4.53. The van der Waals surface area contributed by atoms with E-state index < -0.39 is 12.2 Å². The first kappa shape index (κ1) is 14.3. The molecule has 1 aromatic rings. The molecule has 0 spiro atoms. The van der Waals surface area contributed by atoms with Gasteiger partial charge < -0.3 is 15.2 Å². The van der Waals surface area contributed by atoms with E-state index >= 15 is 0 Å². The SMILES string of the molecule is O=C1CN(C(=O)O)CC(OCc2cccc(F)c2)CN1. The van der Waals surface area contributed by atoms with Gasteiger partial charge in [0.2, 0.25) is 5.91 Å². The van der Waals surface area contributed by atoms with Crippen molar-refractivity contribution in [3.05, 3.63) is 35.6 Å². The zero-order valence-corrected chi connectivity index (χ0v) is 10.7. The van der Waals surface area contributed by atoms with Gasteiger partial charge in [0.05, 0.1) is 19.3 Å². The average molecular weight is 282 g/mol. The van der Waals surface area contributed by atoms with Gasteiger partial charge in [0.25, 0.3) is 0 Å². The number of rotatable bonds is 3. The zero-order valence-electron chi connectivity index (χ0n) is 10.7. The van der Waals surface area contributed by atoms with Crippen molar-refractivity contribution in [2.45, 2.75) is 12.7 Å². The van der Waals surface area contributed by atoms with E-state index in [9.17, 15) is 14.0 Å². The Morgan fingerprint density at radius 2 is 2.35 bits per heavy atom. The first-order chi connectivity index (χ1) is 9.54. The highest BCUT2D eigenvalue weighted by Crippen LogP contribution is 2.08. The molecule has 0 aliphatic carbocycles. The molecular formula is C13H15FN2O4. The summed E-state index contributed by atoms with van der Waals surface area (Å²) >= 11 is 0. The second-order valence-electron chi connectivity index (χ2n) is 4.53. The summed E-state index contributed by atoms with van der Waals surface area (Å²) in [6.07, 6.45) is -1.62. The van der Waals surface area contributed by atoms with Gasteiger partial charge in [-0.05, 0) is 17.7 Å². The van der Waals surface area contributed by atoms with E-state index in [2.05, 4.69) is 5.32 Å². The number of ether oxygens (including phenoxy) is 1. The van der Waals surface area contributed by atoms with Crippen LogP contribution < -0.4 is 5.32 Å². The molecule has 1 aliphatic heterocycles. The van der Waals surface area contributed by atoms with Crippen molar-refractivity contribution in [3.63, 3.8) is 0 Å². The van der Waals surface area contributed by atoms with Gasteiger partial charge in [0.1, 0.15) is 12.4 Å². The van der Waals surface area contributed by atoms with Gasteiger partial charge >= 0.3 is 6.09 Å². The monoisotopic (exact) mass is 282 g/mol. The van der Waals surface area contributed by atoms with Crippen LogP contribution >= 0.6 is 0 Å². The predicted molar refractivity (Wildman–Crippen MR) is 67.6 cm³/mol. The molecule has 1 aromatic carbocycles. The summed E-state index contributed by atoms with van der Waals surface area (Å²) < 4.78 is 18.6. The molecule has 1 atom stereocenters. The number of carbonyl (C=O) groups is 2. The Kier molecular flexibility index (Phi) is 4.52. The third-order valence-electron chi connectivity index (χ3n) is 2.93. The fourth-order valence-corrected chi connectivity index (χ4v) is 1.93. The smallest absolute Gasteiger partial charge is 0.407 e. The number of amides is 2. The van der Waals surface area contributed by atoms with Crippen molar-refractivity contribution in [1.82, 2.24) is 10.2 Å². The Morgan fingerprint density at radius 3 is 3.05 bits per heavy atom. The van der Waals surface area contributed by atoms with Crippen LogP contribution in [0.4, 0.5) is 9.18 Å². The lowest BCUT2D eigenvalue weighted by Gasteiger charge is -2.20. The first-order valence-electron chi connectivity index (χ1n) is 6.15. The number of nitrogens with one attached hydrogen (secondary N) is 1. The highest BCUT2D eigenvalue weighted by molar-refractivity contribution is 5.82. The minimum atomic E-state index is -1.17. The van der Waals surface area contributed by atoms with E-state index in [1.807, 2.05) is 0 Å². The quantitative estimate of drug-likeness (QED) is 0.860. The molecule has 2 N–H and O–H groups in total. The van der Waals surface area contributed by atoms with E-state index in [0.717, 1.165) is 4.90 Å². The summed E-state index contributed by atoms with van der Waals surface area (Å²) in [7, 11) is 0. The maximum Gasteiger partial charge on any atom is 0.407 e. The maximum atomic E-state index is 13.0. The predicted octanol–water partition coefficient (Wildman–Crippen LogP) is 0.821. The van der Waals surface area contributed by atoms with Crippen LogP contribution in [0.25, 0.3) is 0 Å². The Morgan fingerprint density at radius 1 is 1.55 bits per heavy atom. The minimum Gasteiger partial charge on any atom is -0.465 e. The average Bonchev–Trinajstić information content (AvgIpc) is 2.59. The van der Waals surface area contributed by atoms with Crippen LogP contribution in [-0.4, -0.2) is 47.7 Å². The van der Waals surface area contributed by atoms with Crippen molar-refractivity contribution in [2.24, 2.45) is 0 Å². The van der Waals surface area contributed by atoms with Crippen molar-refractivity contribution < 1.29 is 23.8 Å². The largest absolute Gasteiger partial charge is 0.465 e. The molecule has 6 nitrogen and oxygen atoms in total. The van der Waals surface area contributed by atoms with E-state index in [1.165, 1.54) is 12.1 Å². The summed E-state index contributed by atoms with van der Waals surface area (Å²) in [5.74, 6) is -0.711. The highest BCUT2D eigenvalue weighted by Gasteiger charge is 2.25. The van der Waals surface area contributed by atoms with Crippen LogP contribution in [0.1, 0.15) is 5.56 Å². The van der Waals surface area contributed by atoms with Crippen molar-refractivity contribution in [1.29, 1.82) is 0 Å². The highest BCUT2D eigenvalue weighted by atomic mass is 19.1. The lowest BCUT2D eigenvalue weighted by molar-refractivity contribution is -0.121. The molecule has 0 aromatic heterocycles. The summed E-state index contributed by atoms with van der Waals surface area (Å²) in [5, 5.41) is 11.5. The number of nitrogens with zero attached hydrogens (tertiary/aromatic N) is 1. The Balaban J connectivity index is 1.94. The number of carbonyl (C=O) groups excluding carboxylic acids is 1. The van der Waals surface area contributed by atoms with Gasteiger partial charge in [-0.2, -0.15) is 0 Å². The maximum absolute atomic E-state index is 13.0. The summed E-state index contributed by atoms with van der Waals surface area (Å²) in [4.78, 5) is 23.3. The van der Waals surface area contributed by atoms with E-state index in [1.54, 1.807) is 12.1 Å². The van der Waals surface area contributed by atoms with Gasteiger partial charge in [-0.15, -0.1) is 0 Å². The lowest BCUT2D eigenvalue weighted by atomic mass is 10.2. The van der Waals surface area contributed by atoms with Crippen LogP contribution in [0.15, 0.2) is 24.3 Å². The fourth-order valence-electron chi connectivity index (χ4n) is 1.93. The molecule has 7 heteroatoms. The molecule has 108 valence electrons. The molecule has 1 unspecified atom stereocenters. The first-order valence-corrected chi connectivity index (χ1v) is 6.15. The van der Waals surface area contributed by atoms with Crippen LogP contribution in [0, 0.1) is 5.82 Å². The van der Waals surface area contributed by atoms with Gasteiger partial charge in [-0.3, -0.25) is 9.69 Å². The lowest BCUT2D eigenvalue weighted by Crippen LogP contribution is -2.38. The molecule has 20 heavy (non-hydrogen) atoms. The third-order valence-corrected chi connectivity index (χ3v) is 2.93. The van der Waals surface area contributed by atoms with Crippen LogP contribution in [0.2, 0.25) is 0 Å². The number of hydrogen-bond donors (Lipinski definition) is 2. The molecule has 2 rings (SSSR count). The Bertz CT molecular complexity index is 509. The van der Waals surface area contributed by atoms with Crippen molar-refractivity contribution in [2.75, 3.05) is 19.6 Å². The third kappa shape index (κ3) is 3.92. The topological polar surface area (TPSA) is 78.9 Å². The molecule has 1 fully saturated rings. The van der Waals surface area contributed by atoms with Crippen LogP contribution in [-0.2, 0) is 16.1 Å². The summed E-state index contributed by atoms with van der Waals surface area (Å²) in [6.45, 7) is 0.294. The normalized spacial score (nSPS) is 19.4. The van der Waals surface area contributed by atoms with Gasteiger partial charge in [0.15, 0.2) is 0 Å². The molecule has 1 aliphatic rings. The van der Waals surface area contributed by atoms with Gasteiger partial charge in [-0.25, -0.2) is 9.18 Å². The minimum absolute atomic E-state index is 0.101. The summed E-state index contributed by atoms with van der Waals surface area (Å²) in [5.41, 5.74) is 0.655. The standard InChI is InChI=1S/C13H15FN2O4/c14-10-3-1-2-9(4-10)8-20-11-5-15-12(17)7-16(6-11)13(18)19/h1-4,11H,5-8H2,(H,15,17)(H,18,19). The van der Waals surface area contributed by atoms with Gasteiger partial charge in [0, 0.05) is 6.54 Å². The summed E-state index contributed by atoms with van der Waals surface area (Å²) in [6, 6.07) is 5.98.